The maximum atomic E-state index is 11.4. The third-order valence-corrected chi connectivity index (χ3v) is 6.00. The molecule has 0 bridgehead atoms. The SMILES string of the molecule is C[C@]12C=CC(=O)C=C1CC[C@@H]2OCOCC[Si](C)(C)C. The lowest BCUT2D eigenvalue weighted by molar-refractivity contribution is -0.111. The van der Waals surface area contributed by atoms with Crippen molar-refractivity contribution in [3.63, 3.8) is 0 Å². The molecule has 0 saturated heterocycles. The van der Waals surface area contributed by atoms with Gasteiger partial charge in [0.2, 0.25) is 0 Å². The first-order valence-electron chi connectivity index (χ1n) is 7.45. The molecule has 2 atom stereocenters. The maximum Gasteiger partial charge on any atom is 0.178 e. The van der Waals surface area contributed by atoms with E-state index in [1.54, 1.807) is 12.2 Å². The Morgan fingerprint density at radius 3 is 2.85 bits per heavy atom. The second-order valence-corrected chi connectivity index (χ2v) is 12.8. The monoisotopic (exact) mass is 294 g/mol. The molecule has 20 heavy (non-hydrogen) atoms. The van der Waals surface area contributed by atoms with Gasteiger partial charge in [-0.2, -0.15) is 0 Å². The Morgan fingerprint density at radius 2 is 2.15 bits per heavy atom. The molecule has 0 aromatic rings. The standard InChI is InChI=1S/C16H26O3Si/c1-16-8-7-14(17)11-13(16)5-6-15(16)19-12-18-9-10-20(2,3)4/h7-8,11,15H,5-6,9-10,12H2,1-4H3/t15-,16-/m0/s1. The average molecular weight is 294 g/mol. The molecule has 1 saturated carbocycles. The number of carbonyl (C=O) groups excluding carboxylic acids is 1. The molecule has 2 aliphatic rings. The number of allylic oxidation sites excluding steroid dienone is 2. The molecule has 4 heteroatoms. The summed E-state index contributed by atoms with van der Waals surface area (Å²) in [6.45, 7) is 10.3. The molecule has 0 radical (unpaired) electrons. The molecule has 0 spiro atoms. The summed E-state index contributed by atoms with van der Waals surface area (Å²) in [7, 11) is -1.03. The maximum absolute atomic E-state index is 11.4. The van der Waals surface area contributed by atoms with Crippen LogP contribution < -0.4 is 0 Å². The molecule has 0 heterocycles. The van der Waals surface area contributed by atoms with E-state index in [0.29, 0.717) is 6.79 Å². The van der Waals surface area contributed by atoms with E-state index in [9.17, 15) is 4.79 Å². The van der Waals surface area contributed by atoms with Gasteiger partial charge in [-0.05, 0) is 38.0 Å². The van der Waals surface area contributed by atoms with Crippen LogP contribution in [0.15, 0.2) is 23.8 Å². The number of fused-ring (bicyclic) bond motifs is 1. The van der Waals surface area contributed by atoms with Crippen molar-refractivity contribution in [2.24, 2.45) is 5.41 Å². The number of hydrogen-bond acceptors (Lipinski definition) is 3. The summed E-state index contributed by atoms with van der Waals surface area (Å²) in [6, 6.07) is 1.16. The van der Waals surface area contributed by atoms with Gasteiger partial charge in [0, 0.05) is 20.1 Å². The van der Waals surface area contributed by atoms with Crippen LogP contribution in [0.1, 0.15) is 19.8 Å². The quantitative estimate of drug-likeness (QED) is 0.427. The summed E-state index contributed by atoms with van der Waals surface area (Å²) in [5.74, 6) is 0.101. The van der Waals surface area contributed by atoms with E-state index in [1.165, 1.54) is 5.57 Å². The van der Waals surface area contributed by atoms with Gasteiger partial charge in [-0.3, -0.25) is 4.79 Å². The second-order valence-electron chi connectivity index (χ2n) is 7.22. The Labute approximate surface area is 123 Å². The highest BCUT2D eigenvalue weighted by Crippen LogP contribution is 2.47. The molecule has 3 nitrogen and oxygen atoms in total. The van der Waals surface area contributed by atoms with Crippen molar-refractivity contribution >= 4 is 13.9 Å². The van der Waals surface area contributed by atoms with Gasteiger partial charge >= 0.3 is 0 Å². The van der Waals surface area contributed by atoms with Crippen molar-refractivity contribution in [3.8, 4) is 0 Å². The molecule has 0 aromatic heterocycles. The highest BCUT2D eigenvalue weighted by molar-refractivity contribution is 6.76. The van der Waals surface area contributed by atoms with Crippen LogP contribution in [0.25, 0.3) is 0 Å². The summed E-state index contributed by atoms with van der Waals surface area (Å²) < 4.78 is 11.5. The smallest absolute Gasteiger partial charge is 0.178 e. The first kappa shape index (κ1) is 15.7. The van der Waals surface area contributed by atoms with E-state index in [0.717, 1.165) is 25.5 Å². The van der Waals surface area contributed by atoms with Crippen molar-refractivity contribution in [2.45, 2.75) is 51.6 Å². The molecule has 0 aromatic carbocycles. The van der Waals surface area contributed by atoms with Crippen LogP contribution in [0.5, 0.6) is 0 Å². The van der Waals surface area contributed by atoms with Gasteiger partial charge in [-0.25, -0.2) is 0 Å². The first-order chi connectivity index (χ1) is 9.31. The minimum absolute atomic E-state index is 0.101. The number of carbonyl (C=O) groups is 1. The number of hydrogen-bond donors (Lipinski definition) is 0. The molecule has 0 aliphatic heterocycles. The Kier molecular flexibility index (Phi) is 4.67. The van der Waals surface area contributed by atoms with Gasteiger partial charge in [0.25, 0.3) is 0 Å². The summed E-state index contributed by atoms with van der Waals surface area (Å²) in [5.41, 5.74) is 1.09. The van der Waals surface area contributed by atoms with Gasteiger partial charge in [-0.1, -0.05) is 31.3 Å². The fraction of sp³-hybridized carbons (Fsp3) is 0.688. The average Bonchev–Trinajstić information content (AvgIpc) is 2.65. The van der Waals surface area contributed by atoms with E-state index in [-0.39, 0.29) is 17.3 Å². The minimum Gasteiger partial charge on any atom is -0.356 e. The molecule has 1 fully saturated rings. The normalized spacial score (nSPS) is 29.5. The molecule has 2 rings (SSSR count). The predicted octanol–water partition coefficient (Wildman–Crippen LogP) is 3.55. The van der Waals surface area contributed by atoms with Crippen LogP contribution in [0, 0.1) is 5.41 Å². The van der Waals surface area contributed by atoms with E-state index in [1.807, 2.05) is 6.08 Å². The fourth-order valence-corrected chi connectivity index (χ4v) is 3.56. The lowest BCUT2D eigenvalue weighted by Crippen LogP contribution is -2.31. The minimum atomic E-state index is -1.03. The fourth-order valence-electron chi connectivity index (χ4n) is 2.80. The van der Waals surface area contributed by atoms with Gasteiger partial charge in [0.1, 0.15) is 6.79 Å². The van der Waals surface area contributed by atoms with Crippen molar-refractivity contribution in [1.29, 1.82) is 0 Å². The second kappa shape index (κ2) is 5.96. The lowest BCUT2D eigenvalue weighted by Gasteiger charge is -2.31. The van der Waals surface area contributed by atoms with E-state index >= 15 is 0 Å². The third kappa shape index (κ3) is 3.68. The summed E-state index contributed by atoms with van der Waals surface area (Å²) >= 11 is 0. The summed E-state index contributed by atoms with van der Waals surface area (Å²) in [4.78, 5) is 11.4. The topological polar surface area (TPSA) is 35.5 Å². The molecular weight excluding hydrogens is 268 g/mol. The van der Waals surface area contributed by atoms with Gasteiger partial charge < -0.3 is 9.47 Å². The Bertz CT molecular complexity index is 433. The highest BCUT2D eigenvalue weighted by Gasteiger charge is 2.43. The van der Waals surface area contributed by atoms with Gasteiger partial charge in [0.05, 0.1) is 6.10 Å². The van der Waals surface area contributed by atoms with E-state index in [2.05, 4.69) is 26.6 Å². The molecule has 0 unspecified atom stereocenters. The predicted molar refractivity (Wildman–Crippen MR) is 83.4 cm³/mol. The molecule has 0 N–H and O–H groups in total. The van der Waals surface area contributed by atoms with Gasteiger partial charge in [-0.15, -0.1) is 0 Å². The van der Waals surface area contributed by atoms with Crippen LogP contribution in [0.3, 0.4) is 0 Å². The first-order valence-corrected chi connectivity index (χ1v) is 11.2. The van der Waals surface area contributed by atoms with Crippen LogP contribution in [-0.2, 0) is 14.3 Å². The van der Waals surface area contributed by atoms with Crippen LogP contribution in [0.4, 0.5) is 0 Å². The number of ketones is 1. The Hall–Kier alpha value is -0.713. The molecule has 2 aliphatic carbocycles. The number of ether oxygens (including phenoxy) is 2. The van der Waals surface area contributed by atoms with Crippen molar-refractivity contribution < 1.29 is 14.3 Å². The summed E-state index contributed by atoms with van der Waals surface area (Å²) in [6.07, 6.45) is 7.49. The Balaban J connectivity index is 1.79. The lowest BCUT2D eigenvalue weighted by atomic mass is 9.79. The van der Waals surface area contributed by atoms with E-state index < -0.39 is 8.07 Å². The third-order valence-electron chi connectivity index (χ3n) is 4.30. The van der Waals surface area contributed by atoms with Crippen LogP contribution >= 0.6 is 0 Å². The zero-order chi connectivity index (χ0) is 14.8. The largest absolute Gasteiger partial charge is 0.356 e. The Morgan fingerprint density at radius 1 is 1.40 bits per heavy atom. The molecule has 0 amide bonds. The van der Waals surface area contributed by atoms with Crippen LogP contribution in [0.2, 0.25) is 25.7 Å². The molecule has 112 valence electrons. The summed E-state index contributed by atoms with van der Waals surface area (Å²) in [5, 5.41) is 0. The number of rotatable bonds is 6. The van der Waals surface area contributed by atoms with Crippen LogP contribution in [-0.4, -0.2) is 33.4 Å². The van der Waals surface area contributed by atoms with E-state index in [4.69, 9.17) is 9.47 Å². The van der Waals surface area contributed by atoms with Crippen molar-refractivity contribution in [3.05, 3.63) is 23.8 Å². The van der Waals surface area contributed by atoms with Crippen molar-refractivity contribution in [2.75, 3.05) is 13.4 Å². The zero-order valence-corrected chi connectivity index (χ0v) is 14.1. The van der Waals surface area contributed by atoms with Gasteiger partial charge in [0.15, 0.2) is 5.78 Å². The molecular formula is C16H26O3Si. The zero-order valence-electron chi connectivity index (χ0n) is 13.1. The van der Waals surface area contributed by atoms with Crippen molar-refractivity contribution in [1.82, 2.24) is 0 Å². The highest BCUT2D eigenvalue weighted by atomic mass is 28.3.